The van der Waals surface area contributed by atoms with Crippen LogP contribution in [0.25, 0.3) is 6.08 Å². The van der Waals surface area contributed by atoms with Gasteiger partial charge in [-0.05, 0) is 67.2 Å². The highest BCUT2D eigenvalue weighted by Gasteiger charge is 2.35. The second-order valence-corrected chi connectivity index (χ2v) is 8.27. The van der Waals surface area contributed by atoms with E-state index in [9.17, 15) is 14.7 Å². The summed E-state index contributed by atoms with van der Waals surface area (Å²) in [5.41, 5.74) is 2.70. The first kappa shape index (κ1) is 22.3. The van der Waals surface area contributed by atoms with Gasteiger partial charge in [-0.15, -0.1) is 0 Å². The molecular weight excluding hydrogens is 438 g/mol. The van der Waals surface area contributed by atoms with Crippen LogP contribution >= 0.6 is 11.8 Å². The topological polar surface area (TPSA) is 91.6 Å². The lowest BCUT2D eigenvalue weighted by Gasteiger charge is -2.13. The molecule has 33 heavy (non-hydrogen) atoms. The van der Waals surface area contributed by atoms with Gasteiger partial charge in [-0.2, -0.15) is 10.2 Å². The van der Waals surface area contributed by atoms with Crippen molar-refractivity contribution in [3.05, 3.63) is 88.8 Å². The van der Waals surface area contributed by atoms with Crippen molar-refractivity contribution in [3.63, 3.8) is 0 Å². The maximum Gasteiger partial charge on any atom is 0.293 e. The number of azo groups is 1. The number of hydrogen-bond acceptors (Lipinski definition) is 7. The fourth-order valence-electron chi connectivity index (χ4n) is 3.05. The Balaban J connectivity index is 1.44. The standard InChI is InChI=1S/C25H21N3O4S/c1-17-7-10-21(11-8-17)32-14-13-28-24(30)23(33-25(28)31)16-18-15-20(9-12-22(18)29)27-26-19-5-3-2-4-6-19/h2-12,15-16,29H,13-14H2,1H3/b23-16-,27-26?. The lowest BCUT2D eigenvalue weighted by Crippen LogP contribution is -2.32. The number of hydrogen-bond donors (Lipinski definition) is 1. The summed E-state index contributed by atoms with van der Waals surface area (Å²) >= 11 is 0.827. The average molecular weight is 460 g/mol. The molecule has 1 N–H and O–H groups in total. The highest BCUT2D eigenvalue weighted by atomic mass is 32.2. The molecule has 166 valence electrons. The maximum absolute atomic E-state index is 12.8. The number of rotatable bonds is 7. The SMILES string of the molecule is Cc1ccc(OCCN2C(=O)S/C(=C\c3cc(N=Nc4ccccc4)ccc3O)C2=O)cc1. The zero-order valence-corrected chi connectivity index (χ0v) is 18.7. The van der Waals surface area contributed by atoms with E-state index in [-0.39, 0.29) is 29.0 Å². The minimum Gasteiger partial charge on any atom is -0.507 e. The number of amides is 2. The highest BCUT2D eigenvalue weighted by molar-refractivity contribution is 8.18. The first-order valence-electron chi connectivity index (χ1n) is 10.2. The minimum absolute atomic E-state index is 0.0248. The molecule has 1 saturated heterocycles. The molecule has 0 saturated carbocycles. The van der Waals surface area contributed by atoms with Gasteiger partial charge in [0.25, 0.3) is 11.1 Å². The minimum atomic E-state index is -0.423. The zero-order valence-electron chi connectivity index (χ0n) is 17.8. The van der Waals surface area contributed by atoms with Gasteiger partial charge >= 0.3 is 0 Å². The van der Waals surface area contributed by atoms with Gasteiger partial charge in [0.2, 0.25) is 0 Å². The van der Waals surface area contributed by atoms with Gasteiger partial charge in [0.1, 0.15) is 18.1 Å². The fraction of sp³-hybridized carbons (Fsp3) is 0.120. The molecule has 0 radical (unpaired) electrons. The molecule has 0 aromatic heterocycles. The first-order valence-corrected chi connectivity index (χ1v) is 11.1. The van der Waals surface area contributed by atoms with E-state index in [4.69, 9.17) is 4.74 Å². The van der Waals surface area contributed by atoms with E-state index in [1.807, 2.05) is 61.5 Å². The third-order valence-corrected chi connectivity index (χ3v) is 5.72. The first-order chi connectivity index (χ1) is 16.0. The molecule has 8 heteroatoms. The number of phenols is 1. The van der Waals surface area contributed by atoms with Crippen LogP contribution in [0.1, 0.15) is 11.1 Å². The van der Waals surface area contributed by atoms with Gasteiger partial charge in [-0.25, -0.2) is 0 Å². The number of aryl methyl sites for hydroxylation is 1. The van der Waals surface area contributed by atoms with Gasteiger partial charge in [0.05, 0.1) is 22.8 Å². The molecule has 7 nitrogen and oxygen atoms in total. The third kappa shape index (κ3) is 5.67. The molecule has 0 atom stereocenters. The molecule has 3 aromatic rings. The van der Waals surface area contributed by atoms with Gasteiger partial charge in [0.15, 0.2) is 0 Å². The lowest BCUT2D eigenvalue weighted by atomic mass is 10.1. The Hall–Kier alpha value is -3.91. The molecule has 0 spiro atoms. The van der Waals surface area contributed by atoms with Crippen molar-refractivity contribution < 1.29 is 19.4 Å². The Morgan fingerprint density at radius 3 is 2.45 bits per heavy atom. The fourth-order valence-corrected chi connectivity index (χ4v) is 3.91. The van der Waals surface area contributed by atoms with Crippen molar-refractivity contribution >= 4 is 40.4 Å². The van der Waals surface area contributed by atoms with Crippen LogP contribution in [0.4, 0.5) is 16.2 Å². The van der Waals surface area contributed by atoms with Crippen molar-refractivity contribution in [3.8, 4) is 11.5 Å². The van der Waals surface area contributed by atoms with Crippen LogP contribution in [0, 0.1) is 6.92 Å². The van der Waals surface area contributed by atoms with Crippen LogP contribution in [-0.4, -0.2) is 34.3 Å². The number of phenolic OH excluding ortho intramolecular Hbond substituents is 1. The Labute approximate surface area is 195 Å². The smallest absolute Gasteiger partial charge is 0.293 e. The maximum atomic E-state index is 12.8. The predicted molar refractivity (Wildman–Crippen MR) is 128 cm³/mol. The number of nitrogens with zero attached hydrogens (tertiary/aromatic N) is 3. The lowest BCUT2D eigenvalue weighted by molar-refractivity contribution is -0.123. The van der Waals surface area contributed by atoms with Crippen molar-refractivity contribution in [1.29, 1.82) is 0 Å². The molecule has 1 aliphatic rings. The van der Waals surface area contributed by atoms with Crippen molar-refractivity contribution in [2.75, 3.05) is 13.2 Å². The molecule has 1 heterocycles. The third-order valence-electron chi connectivity index (χ3n) is 4.81. The molecule has 4 rings (SSSR count). The monoisotopic (exact) mass is 459 g/mol. The Kier molecular flexibility index (Phi) is 6.85. The van der Waals surface area contributed by atoms with E-state index in [1.165, 1.54) is 12.1 Å². The van der Waals surface area contributed by atoms with Gasteiger partial charge in [-0.3, -0.25) is 14.5 Å². The summed E-state index contributed by atoms with van der Waals surface area (Å²) in [5, 5.41) is 18.2. The normalized spacial score (nSPS) is 15.1. The Bertz CT molecular complexity index is 1220. The van der Waals surface area contributed by atoms with Gasteiger partial charge in [-0.1, -0.05) is 35.9 Å². The second kappa shape index (κ2) is 10.1. The van der Waals surface area contributed by atoms with Crippen LogP contribution in [0.3, 0.4) is 0 Å². The highest BCUT2D eigenvalue weighted by Crippen LogP contribution is 2.35. The summed E-state index contributed by atoms with van der Waals surface area (Å²) < 4.78 is 5.63. The molecule has 2 amide bonds. The number of carbonyl (C=O) groups excluding carboxylic acids is 2. The van der Waals surface area contributed by atoms with E-state index >= 15 is 0 Å². The molecule has 0 unspecified atom stereocenters. The molecule has 1 fully saturated rings. The van der Waals surface area contributed by atoms with E-state index in [1.54, 1.807) is 12.1 Å². The molecule has 1 aliphatic heterocycles. The van der Waals surface area contributed by atoms with Gasteiger partial charge < -0.3 is 9.84 Å². The summed E-state index contributed by atoms with van der Waals surface area (Å²) in [6, 6.07) is 21.5. The second-order valence-electron chi connectivity index (χ2n) is 7.27. The zero-order chi connectivity index (χ0) is 23.2. The number of thioether (sulfide) groups is 1. The van der Waals surface area contributed by atoms with E-state index in [0.29, 0.717) is 22.7 Å². The largest absolute Gasteiger partial charge is 0.507 e. The number of aromatic hydroxyl groups is 1. The molecule has 0 aliphatic carbocycles. The number of carbonyl (C=O) groups is 2. The summed E-state index contributed by atoms with van der Waals surface area (Å²) in [6.45, 7) is 2.30. The Morgan fingerprint density at radius 2 is 1.70 bits per heavy atom. The summed E-state index contributed by atoms with van der Waals surface area (Å²) in [6.07, 6.45) is 1.49. The number of imide groups is 1. The van der Waals surface area contributed by atoms with Crippen molar-refractivity contribution in [2.24, 2.45) is 10.2 Å². The van der Waals surface area contributed by atoms with Crippen LogP contribution in [-0.2, 0) is 4.79 Å². The number of benzene rings is 3. The predicted octanol–water partition coefficient (Wildman–Crippen LogP) is 6.23. The molecule has 3 aromatic carbocycles. The van der Waals surface area contributed by atoms with Crippen LogP contribution in [0.2, 0.25) is 0 Å². The van der Waals surface area contributed by atoms with Crippen LogP contribution in [0.15, 0.2) is 87.9 Å². The van der Waals surface area contributed by atoms with E-state index < -0.39 is 5.91 Å². The molecular formula is C25H21N3O4S. The summed E-state index contributed by atoms with van der Waals surface area (Å²) in [5.74, 6) is 0.228. The van der Waals surface area contributed by atoms with Crippen molar-refractivity contribution in [1.82, 2.24) is 4.90 Å². The van der Waals surface area contributed by atoms with Crippen molar-refractivity contribution in [2.45, 2.75) is 6.92 Å². The van der Waals surface area contributed by atoms with E-state index in [0.717, 1.165) is 22.2 Å². The summed E-state index contributed by atoms with van der Waals surface area (Å²) in [7, 11) is 0. The van der Waals surface area contributed by atoms with E-state index in [2.05, 4.69) is 10.2 Å². The Morgan fingerprint density at radius 1 is 0.970 bits per heavy atom. The van der Waals surface area contributed by atoms with Gasteiger partial charge in [0, 0.05) is 5.56 Å². The van der Waals surface area contributed by atoms with Crippen LogP contribution < -0.4 is 4.74 Å². The van der Waals surface area contributed by atoms with Crippen LogP contribution in [0.5, 0.6) is 11.5 Å². The average Bonchev–Trinajstić information content (AvgIpc) is 3.09. The quantitative estimate of drug-likeness (QED) is 0.334. The summed E-state index contributed by atoms with van der Waals surface area (Å²) in [4.78, 5) is 26.5. The molecule has 0 bridgehead atoms. The number of ether oxygens (including phenoxy) is 1.